The van der Waals surface area contributed by atoms with Gasteiger partial charge in [0.1, 0.15) is 48.8 Å². The topological polar surface area (TPSA) is 228 Å². The Kier molecular flexibility index (Phi) is 29.2. The lowest BCUT2D eigenvalue weighted by Crippen LogP contribution is -2.65. The molecule has 0 aliphatic carbocycles. The van der Waals surface area contributed by atoms with Gasteiger partial charge in [0.25, 0.3) is 0 Å². The van der Waals surface area contributed by atoms with Crippen molar-refractivity contribution in [2.24, 2.45) is 0 Å². The molecule has 58 heavy (non-hydrogen) atoms. The lowest BCUT2D eigenvalue weighted by Gasteiger charge is -2.46. The van der Waals surface area contributed by atoms with Crippen LogP contribution in [0.3, 0.4) is 0 Å². The smallest absolute Gasteiger partial charge is 0.220 e. The number of ether oxygens (including phenoxy) is 4. The van der Waals surface area contributed by atoms with E-state index < -0.39 is 86.8 Å². The molecule has 12 unspecified atom stereocenters. The molecule has 14 nitrogen and oxygen atoms in total. The van der Waals surface area contributed by atoms with Gasteiger partial charge in [-0.05, 0) is 44.9 Å². The molecule has 9 N–H and O–H groups in total. The summed E-state index contributed by atoms with van der Waals surface area (Å²) in [7, 11) is 0. The summed E-state index contributed by atoms with van der Waals surface area (Å²) >= 11 is 0. The van der Waals surface area contributed by atoms with Gasteiger partial charge in [0.15, 0.2) is 12.6 Å². The molecule has 0 saturated carbocycles. The minimum atomic E-state index is -1.78. The van der Waals surface area contributed by atoms with Crippen LogP contribution in [-0.4, -0.2) is 140 Å². The van der Waals surface area contributed by atoms with Gasteiger partial charge in [-0.2, -0.15) is 0 Å². The van der Waals surface area contributed by atoms with E-state index in [4.69, 9.17) is 18.9 Å². The predicted octanol–water partition coefficient (Wildman–Crippen LogP) is 4.21. The Morgan fingerprint density at radius 2 is 1.09 bits per heavy atom. The second-order valence-corrected chi connectivity index (χ2v) is 16.2. The van der Waals surface area contributed by atoms with Crippen LogP contribution in [0.1, 0.15) is 155 Å². The second kappa shape index (κ2) is 32.2. The van der Waals surface area contributed by atoms with Crippen LogP contribution in [0.15, 0.2) is 24.3 Å². The minimum absolute atomic E-state index is 0.251. The molecule has 1 amide bonds. The summed E-state index contributed by atoms with van der Waals surface area (Å²) in [6.45, 7) is 2.67. The van der Waals surface area contributed by atoms with Crippen LogP contribution in [0.4, 0.5) is 0 Å². The average molecular weight is 832 g/mol. The van der Waals surface area contributed by atoms with Crippen molar-refractivity contribution in [2.45, 2.75) is 229 Å². The molecule has 0 spiro atoms. The van der Waals surface area contributed by atoms with Crippen molar-refractivity contribution in [3.8, 4) is 0 Å². The number of hydrogen-bond acceptors (Lipinski definition) is 13. The third-order valence-electron chi connectivity index (χ3n) is 11.1. The summed E-state index contributed by atoms with van der Waals surface area (Å²) in [5.41, 5.74) is 0. The lowest BCUT2D eigenvalue weighted by atomic mass is 9.97. The fraction of sp³-hybridized carbons (Fsp3) is 0.886. The van der Waals surface area contributed by atoms with Gasteiger partial charge in [0.2, 0.25) is 5.91 Å². The largest absolute Gasteiger partial charge is 0.394 e. The van der Waals surface area contributed by atoms with Crippen LogP contribution < -0.4 is 5.32 Å². The summed E-state index contributed by atoms with van der Waals surface area (Å²) in [4.78, 5) is 13.0. The number of nitrogens with one attached hydrogen (secondary N) is 1. The molecule has 0 aromatic carbocycles. The van der Waals surface area contributed by atoms with E-state index >= 15 is 0 Å². The zero-order valence-electron chi connectivity index (χ0n) is 35.5. The zero-order valence-corrected chi connectivity index (χ0v) is 35.5. The summed E-state index contributed by atoms with van der Waals surface area (Å²) in [5.74, 6) is -0.251. The quantitative estimate of drug-likeness (QED) is 0.0334. The van der Waals surface area contributed by atoms with Crippen molar-refractivity contribution in [1.82, 2.24) is 5.32 Å². The van der Waals surface area contributed by atoms with Crippen molar-refractivity contribution >= 4 is 5.91 Å². The molecule has 2 fully saturated rings. The van der Waals surface area contributed by atoms with Crippen LogP contribution in [-0.2, 0) is 23.7 Å². The molecule has 2 aliphatic rings. The first-order chi connectivity index (χ1) is 28.1. The Balaban J connectivity index is 1.81. The van der Waals surface area contributed by atoms with Crippen molar-refractivity contribution in [3.05, 3.63) is 24.3 Å². The number of rotatable bonds is 33. The number of aliphatic hydroxyl groups is 8. The first kappa shape index (κ1) is 52.6. The number of amides is 1. The highest BCUT2D eigenvalue weighted by Gasteiger charge is 2.50. The predicted molar refractivity (Wildman–Crippen MR) is 221 cm³/mol. The minimum Gasteiger partial charge on any atom is -0.394 e. The van der Waals surface area contributed by atoms with Crippen LogP contribution in [0.25, 0.3) is 0 Å². The molecule has 2 rings (SSSR count). The van der Waals surface area contributed by atoms with Gasteiger partial charge >= 0.3 is 0 Å². The first-order valence-electron chi connectivity index (χ1n) is 22.6. The number of carbonyl (C=O) groups is 1. The van der Waals surface area contributed by atoms with Crippen molar-refractivity contribution in [3.63, 3.8) is 0 Å². The van der Waals surface area contributed by atoms with Gasteiger partial charge in [-0.3, -0.25) is 4.79 Å². The maximum Gasteiger partial charge on any atom is 0.220 e. The second-order valence-electron chi connectivity index (χ2n) is 16.2. The summed E-state index contributed by atoms with van der Waals surface area (Å²) < 4.78 is 22.5. The average Bonchev–Trinajstić information content (AvgIpc) is 3.22. The third kappa shape index (κ3) is 20.4. The van der Waals surface area contributed by atoms with E-state index in [0.717, 1.165) is 57.8 Å². The van der Waals surface area contributed by atoms with E-state index in [0.29, 0.717) is 6.42 Å². The Bertz CT molecular complexity index is 1080. The van der Waals surface area contributed by atoms with Gasteiger partial charge in [-0.1, -0.05) is 128 Å². The van der Waals surface area contributed by atoms with Crippen molar-refractivity contribution in [2.75, 3.05) is 19.8 Å². The summed E-state index contributed by atoms with van der Waals surface area (Å²) in [6.07, 6.45) is 15.6. The highest BCUT2D eigenvalue weighted by Crippen LogP contribution is 2.30. The van der Waals surface area contributed by atoms with Crippen LogP contribution in [0.2, 0.25) is 0 Å². The van der Waals surface area contributed by atoms with Crippen molar-refractivity contribution < 1.29 is 64.6 Å². The van der Waals surface area contributed by atoms with E-state index in [2.05, 4.69) is 31.3 Å². The molecule has 2 heterocycles. The Morgan fingerprint density at radius 1 is 0.603 bits per heavy atom. The standard InChI is InChI=1S/C44H81NO13/c1-3-5-7-9-11-12-13-14-15-16-17-18-19-20-21-22-24-26-28-36(49)45-32(33(48)27-25-23-10-8-6-4-2)31-55-43-41(54)39(52)42(35(30-47)57-43)58-44-40(53)38(51)37(50)34(29-46)56-44/h15-16,25,27,32-35,37-44,46-48,50-54H,3-14,17-24,26,28-31H2,1-2H3,(H,45,49)/b16-15-,27-25+. The van der Waals surface area contributed by atoms with E-state index in [1.165, 1.54) is 70.6 Å². The van der Waals surface area contributed by atoms with Gasteiger partial charge in [-0.15, -0.1) is 0 Å². The van der Waals surface area contributed by atoms with Gasteiger partial charge < -0.3 is 65.1 Å². The summed E-state index contributed by atoms with van der Waals surface area (Å²) in [6, 6.07) is -0.910. The number of carbonyl (C=O) groups excluding carboxylic acids is 1. The monoisotopic (exact) mass is 832 g/mol. The molecular formula is C44H81NO13. The van der Waals surface area contributed by atoms with Gasteiger partial charge in [-0.25, -0.2) is 0 Å². The Morgan fingerprint density at radius 3 is 1.66 bits per heavy atom. The molecule has 0 aromatic heterocycles. The molecule has 2 aliphatic heterocycles. The lowest BCUT2D eigenvalue weighted by molar-refractivity contribution is -0.359. The van der Waals surface area contributed by atoms with Crippen molar-refractivity contribution in [1.29, 1.82) is 0 Å². The van der Waals surface area contributed by atoms with E-state index in [1.54, 1.807) is 6.08 Å². The van der Waals surface area contributed by atoms with Crippen LogP contribution >= 0.6 is 0 Å². The molecule has 340 valence electrons. The molecule has 0 bridgehead atoms. The number of aliphatic hydroxyl groups excluding tert-OH is 8. The van der Waals surface area contributed by atoms with Crippen LogP contribution in [0.5, 0.6) is 0 Å². The molecule has 12 atom stereocenters. The molecule has 0 aromatic rings. The number of allylic oxidation sites excluding steroid dienone is 3. The summed E-state index contributed by atoms with van der Waals surface area (Å²) in [5, 5.41) is 86.1. The first-order valence-corrected chi connectivity index (χ1v) is 22.6. The Labute approximate surface area is 348 Å². The Hall–Kier alpha value is -1.53. The highest BCUT2D eigenvalue weighted by molar-refractivity contribution is 5.76. The molecule has 14 heteroatoms. The zero-order chi connectivity index (χ0) is 42.5. The van der Waals surface area contributed by atoms with E-state index in [9.17, 15) is 45.6 Å². The fourth-order valence-electron chi connectivity index (χ4n) is 7.34. The van der Waals surface area contributed by atoms with Gasteiger partial charge in [0, 0.05) is 6.42 Å². The maximum absolute atomic E-state index is 13.0. The number of hydrogen-bond donors (Lipinski definition) is 9. The third-order valence-corrected chi connectivity index (χ3v) is 11.1. The number of unbranched alkanes of at least 4 members (excludes halogenated alkanes) is 18. The van der Waals surface area contributed by atoms with Crippen LogP contribution in [0, 0.1) is 0 Å². The van der Waals surface area contributed by atoms with E-state index in [1.807, 2.05) is 6.08 Å². The molecule has 0 radical (unpaired) electrons. The maximum atomic E-state index is 13.0. The fourth-order valence-corrected chi connectivity index (χ4v) is 7.34. The SMILES string of the molecule is CCCCCC/C=C/C(O)C(COC1OC(CO)C(OC2OC(CO)C(O)C(O)C2O)C(O)C1O)NC(=O)CCCCCCCCC/C=C\CCCCCCCCC. The van der Waals surface area contributed by atoms with E-state index in [-0.39, 0.29) is 18.9 Å². The van der Waals surface area contributed by atoms with Gasteiger partial charge in [0.05, 0.1) is 32.0 Å². The normalized spacial score (nSPS) is 29.0. The molecular weight excluding hydrogens is 750 g/mol. The highest BCUT2D eigenvalue weighted by atomic mass is 16.7. The molecule has 2 saturated heterocycles.